The average Bonchev–Trinajstić information content (AvgIpc) is 1.90. The maximum absolute atomic E-state index is 4.55. The first-order valence-electron chi connectivity index (χ1n) is 1.77. The third-order valence-corrected chi connectivity index (χ3v) is 1.70. The van der Waals surface area contributed by atoms with Crippen molar-refractivity contribution in [3.63, 3.8) is 0 Å². The number of hydrogen-bond donors (Lipinski definition) is 0. The molecule has 7 heavy (non-hydrogen) atoms. The summed E-state index contributed by atoms with van der Waals surface area (Å²) in [5.74, 6) is 0. The van der Waals surface area contributed by atoms with E-state index in [-0.39, 0.29) is 0 Å². The van der Waals surface area contributed by atoms with Crippen LogP contribution in [0.25, 0.3) is 0 Å². The second-order valence-electron chi connectivity index (χ2n) is 0.889. The second-order valence-corrected chi connectivity index (χ2v) is 2.61. The summed E-state index contributed by atoms with van der Waals surface area (Å²) in [6, 6.07) is 0. The minimum Gasteiger partial charge on any atom is -0.219 e. The van der Waals surface area contributed by atoms with Gasteiger partial charge in [0.15, 0.2) is 0 Å². The lowest BCUT2D eigenvalue weighted by molar-refractivity contribution is -0.176. The quantitative estimate of drug-likeness (QED) is 0.287. The molecule has 1 rings (SSSR count). The molecule has 0 aromatic heterocycles. The minimum atomic E-state index is 0.556. The monoisotopic (exact) mass is 136 g/mol. The van der Waals surface area contributed by atoms with E-state index in [1.165, 1.54) is 21.9 Å². The molecule has 0 fully saturated rings. The van der Waals surface area contributed by atoms with E-state index in [1.54, 1.807) is 0 Å². The van der Waals surface area contributed by atoms with Gasteiger partial charge >= 0.3 is 0 Å². The van der Waals surface area contributed by atoms with Gasteiger partial charge in [0.1, 0.15) is 17.7 Å². The Kier molecular flexibility index (Phi) is 2.65. The van der Waals surface area contributed by atoms with E-state index in [1.807, 2.05) is 11.5 Å². The fraction of sp³-hybridized carbons (Fsp3) is 0.333. The maximum atomic E-state index is 4.55. The van der Waals surface area contributed by atoms with E-state index < -0.39 is 0 Å². The van der Waals surface area contributed by atoms with Gasteiger partial charge in [-0.2, -0.15) is 4.33 Å². The van der Waals surface area contributed by atoms with Crippen LogP contribution in [0.5, 0.6) is 0 Å². The Morgan fingerprint density at radius 2 is 2.57 bits per heavy atom. The van der Waals surface area contributed by atoms with Crippen LogP contribution in [-0.2, 0) is 9.22 Å². The lowest BCUT2D eigenvalue weighted by Gasteiger charge is -1.88. The van der Waals surface area contributed by atoms with Crippen LogP contribution < -0.4 is 0 Å². The van der Waals surface area contributed by atoms with E-state index in [9.17, 15) is 0 Å². The van der Waals surface area contributed by atoms with Crippen molar-refractivity contribution in [2.45, 2.75) is 0 Å². The zero-order chi connectivity index (χ0) is 4.95. The molecule has 0 N–H and O–H groups in total. The van der Waals surface area contributed by atoms with Gasteiger partial charge in [0.25, 0.3) is 0 Å². The Hall–Kier alpha value is 0.360. The normalized spacial score (nSPS) is 21.7. The van der Waals surface area contributed by atoms with Crippen LogP contribution in [0.1, 0.15) is 0 Å². The summed E-state index contributed by atoms with van der Waals surface area (Å²) < 4.78 is 4.51. The lowest BCUT2D eigenvalue weighted by atomic mass is 10.7. The fourth-order valence-electron chi connectivity index (χ4n) is 0.204. The molecule has 0 aliphatic carbocycles. The van der Waals surface area contributed by atoms with Crippen LogP contribution in [0.2, 0.25) is 0 Å². The number of hydrogen-bond acceptors (Lipinski definition) is 4. The van der Waals surface area contributed by atoms with Gasteiger partial charge in [-0.25, -0.2) is 4.89 Å². The largest absolute Gasteiger partial charge is 0.219 e. The van der Waals surface area contributed by atoms with E-state index in [2.05, 4.69) is 9.22 Å². The van der Waals surface area contributed by atoms with Crippen LogP contribution in [0.4, 0.5) is 0 Å². The molecule has 0 amide bonds. The van der Waals surface area contributed by atoms with Crippen molar-refractivity contribution < 1.29 is 9.22 Å². The standard InChI is InChI=1S/C3H4O2S2/c1-2-4-5-7-6-3-1/h1,3H,2H2. The molecule has 1 aliphatic rings. The first kappa shape index (κ1) is 5.50. The van der Waals surface area contributed by atoms with Crippen molar-refractivity contribution in [3.8, 4) is 0 Å². The predicted octanol–water partition coefficient (Wildman–Crippen LogP) is 1.76. The Bertz CT molecular complexity index is 65.3. The first-order valence-corrected chi connectivity index (χ1v) is 3.90. The van der Waals surface area contributed by atoms with E-state index in [0.717, 1.165) is 0 Å². The highest BCUT2D eigenvalue weighted by molar-refractivity contribution is 8.76. The summed E-state index contributed by atoms with van der Waals surface area (Å²) in [6.45, 7) is 0.556. The summed E-state index contributed by atoms with van der Waals surface area (Å²) in [5.41, 5.74) is 0. The zero-order valence-electron chi connectivity index (χ0n) is 3.49. The van der Waals surface area contributed by atoms with Crippen LogP contribution in [0.15, 0.2) is 11.5 Å². The van der Waals surface area contributed by atoms with Gasteiger partial charge in [-0.1, -0.05) is 0 Å². The number of rotatable bonds is 0. The molecule has 0 saturated carbocycles. The molecule has 0 aromatic rings. The average molecular weight is 136 g/mol. The molecular weight excluding hydrogens is 132 g/mol. The van der Waals surface area contributed by atoms with Crippen LogP contribution >= 0.6 is 21.9 Å². The Labute approximate surface area is 49.8 Å². The highest BCUT2D eigenvalue weighted by atomic mass is 33.1. The fourth-order valence-corrected chi connectivity index (χ4v) is 1.12. The lowest BCUT2D eigenvalue weighted by Crippen LogP contribution is -1.81. The summed E-state index contributed by atoms with van der Waals surface area (Å²) in [4.78, 5) is 4.55. The van der Waals surface area contributed by atoms with Gasteiger partial charge in [-0.15, -0.1) is 0 Å². The van der Waals surface area contributed by atoms with Gasteiger partial charge < -0.3 is 0 Å². The summed E-state index contributed by atoms with van der Waals surface area (Å²) in [5, 5.41) is 1.93. The third kappa shape index (κ3) is 2.23. The Balaban J connectivity index is 2.20. The van der Waals surface area contributed by atoms with Crippen LogP contribution in [0, 0.1) is 0 Å². The molecule has 40 valence electrons. The molecule has 0 bridgehead atoms. The summed E-state index contributed by atoms with van der Waals surface area (Å²) in [7, 11) is 1.50. The highest BCUT2D eigenvalue weighted by Crippen LogP contribution is 2.25. The van der Waals surface area contributed by atoms with Crippen molar-refractivity contribution in [1.82, 2.24) is 0 Å². The molecule has 2 nitrogen and oxygen atoms in total. The Morgan fingerprint density at radius 3 is 3.57 bits per heavy atom. The topological polar surface area (TPSA) is 18.5 Å². The van der Waals surface area contributed by atoms with Crippen molar-refractivity contribution in [3.05, 3.63) is 11.5 Å². The molecule has 0 aromatic carbocycles. The van der Waals surface area contributed by atoms with Crippen molar-refractivity contribution >= 4 is 21.9 Å². The van der Waals surface area contributed by atoms with E-state index >= 15 is 0 Å². The predicted molar refractivity (Wildman–Crippen MR) is 31.4 cm³/mol. The molecule has 0 radical (unpaired) electrons. The Morgan fingerprint density at radius 1 is 1.57 bits per heavy atom. The SMILES string of the molecule is C1=CSSOOC1. The molecule has 0 spiro atoms. The summed E-state index contributed by atoms with van der Waals surface area (Å²) in [6.07, 6.45) is 1.89. The van der Waals surface area contributed by atoms with Gasteiger partial charge in [-0.3, -0.25) is 0 Å². The molecular formula is C3H4O2S2. The van der Waals surface area contributed by atoms with Gasteiger partial charge in [-0.05, 0) is 22.3 Å². The summed E-state index contributed by atoms with van der Waals surface area (Å²) >= 11 is 1.22. The second kappa shape index (κ2) is 3.37. The van der Waals surface area contributed by atoms with Gasteiger partial charge in [0.2, 0.25) is 0 Å². The minimum absolute atomic E-state index is 0.556. The first-order chi connectivity index (χ1) is 3.50. The smallest absolute Gasteiger partial charge is 0.106 e. The van der Waals surface area contributed by atoms with Crippen LogP contribution in [0.3, 0.4) is 0 Å². The molecule has 0 unspecified atom stereocenters. The van der Waals surface area contributed by atoms with Gasteiger partial charge in [0.05, 0.1) is 0 Å². The molecule has 0 saturated heterocycles. The van der Waals surface area contributed by atoms with E-state index in [4.69, 9.17) is 0 Å². The molecule has 4 heteroatoms. The zero-order valence-corrected chi connectivity index (χ0v) is 5.13. The highest BCUT2D eigenvalue weighted by Gasteiger charge is 1.90. The molecule has 1 aliphatic heterocycles. The molecule has 0 atom stereocenters. The van der Waals surface area contributed by atoms with Crippen molar-refractivity contribution in [2.75, 3.05) is 6.61 Å². The van der Waals surface area contributed by atoms with Crippen molar-refractivity contribution in [1.29, 1.82) is 0 Å². The maximum Gasteiger partial charge on any atom is 0.106 e. The third-order valence-electron chi connectivity index (χ3n) is 0.431. The van der Waals surface area contributed by atoms with Gasteiger partial charge in [0, 0.05) is 0 Å². The molecule has 1 heterocycles. The van der Waals surface area contributed by atoms with Crippen LogP contribution in [-0.4, -0.2) is 6.61 Å². The van der Waals surface area contributed by atoms with E-state index in [0.29, 0.717) is 6.61 Å². The van der Waals surface area contributed by atoms with Crippen molar-refractivity contribution in [2.24, 2.45) is 0 Å².